The standard InChI is InChI=1S/C14H18N2O2/c1-2-15-8-5-9-16-13(17)10-11-6-3-4-7-12(11)14(16)18/h3-4,6-7,15H,2,5,8-10H2,1H3. The molecule has 1 aliphatic heterocycles. The van der Waals surface area contributed by atoms with E-state index in [4.69, 9.17) is 0 Å². The van der Waals surface area contributed by atoms with Gasteiger partial charge in [-0.15, -0.1) is 0 Å². The molecule has 0 spiro atoms. The molecule has 0 aliphatic carbocycles. The number of hydrogen-bond acceptors (Lipinski definition) is 3. The fourth-order valence-corrected chi connectivity index (χ4v) is 2.17. The van der Waals surface area contributed by atoms with Gasteiger partial charge in [0, 0.05) is 12.1 Å². The van der Waals surface area contributed by atoms with Crippen LogP contribution in [0.5, 0.6) is 0 Å². The molecule has 1 aliphatic rings. The molecule has 0 atom stereocenters. The Bertz CT molecular complexity index is 457. The number of nitrogens with one attached hydrogen (secondary N) is 1. The van der Waals surface area contributed by atoms with Gasteiger partial charge in [0.1, 0.15) is 0 Å². The van der Waals surface area contributed by atoms with Crippen molar-refractivity contribution in [3.05, 3.63) is 35.4 Å². The molecular weight excluding hydrogens is 228 g/mol. The second-order valence-corrected chi connectivity index (χ2v) is 4.39. The lowest BCUT2D eigenvalue weighted by molar-refractivity contribution is -0.128. The zero-order valence-corrected chi connectivity index (χ0v) is 10.6. The van der Waals surface area contributed by atoms with E-state index in [0.29, 0.717) is 18.5 Å². The summed E-state index contributed by atoms with van der Waals surface area (Å²) in [6, 6.07) is 7.34. The fraction of sp³-hybridized carbons (Fsp3) is 0.429. The first-order valence-electron chi connectivity index (χ1n) is 6.37. The molecule has 0 saturated heterocycles. The molecule has 0 saturated carbocycles. The maximum Gasteiger partial charge on any atom is 0.260 e. The molecule has 1 aromatic rings. The van der Waals surface area contributed by atoms with Gasteiger partial charge in [-0.2, -0.15) is 0 Å². The molecule has 0 fully saturated rings. The maximum atomic E-state index is 12.2. The summed E-state index contributed by atoms with van der Waals surface area (Å²) in [6.07, 6.45) is 1.14. The lowest BCUT2D eigenvalue weighted by Crippen LogP contribution is -2.43. The van der Waals surface area contributed by atoms with Gasteiger partial charge in [-0.25, -0.2) is 0 Å². The molecule has 2 amide bonds. The quantitative estimate of drug-likeness (QED) is 0.627. The smallest absolute Gasteiger partial charge is 0.260 e. The number of carbonyl (C=O) groups excluding carboxylic acids is 2. The Hall–Kier alpha value is -1.68. The van der Waals surface area contributed by atoms with Crippen LogP contribution in [0.1, 0.15) is 29.3 Å². The molecular formula is C14H18N2O2. The molecule has 1 heterocycles. The van der Waals surface area contributed by atoms with Crippen LogP contribution in [0.25, 0.3) is 0 Å². The summed E-state index contributed by atoms with van der Waals surface area (Å²) in [4.78, 5) is 25.5. The number of benzene rings is 1. The van der Waals surface area contributed by atoms with Crippen molar-refractivity contribution in [2.75, 3.05) is 19.6 Å². The summed E-state index contributed by atoms with van der Waals surface area (Å²) >= 11 is 0. The Morgan fingerprint density at radius 3 is 2.83 bits per heavy atom. The second-order valence-electron chi connectivity index (χ2n) is 4.39. The third-order valence-corrected chi connectivity index (χ3v) is 3.12. The molecule has 96 valence electrons. The van der Waals surface area contributed by atoms with Crippen molar-refractivity contribution in [1.82, 2.24) is 10.2 Å². The lowest BCUT2D eigenvalue weighted by atomic mass is 9.98. The first-order chi connectivity index (χ1) is 8.74. The van der Waals surface area contributed by atoms with Gasteiger partial charge in [-0.1, -0.05) is 25.1 Å². The van der Waals surface area contributed by atoms with E-state index in [2.05, 4.69) is 5.32 Å². The van der Waals surface area contributed by atoms with Crippen molar-refractivity contribution in [2.24, 2.45) is 0 Å². The SMILES string of the molecule is CCNCCCN1C(=O)Cc2ccccc2C1=O. The zero-order chi connectivity index (χ0) is 13.0. The Labute approximate surface area is 107 Å². The lowest BCUT2D eigenvalue weighted by Gasteiger charge is -2.26. The molecule has 0 radical (unpaired) electrons. The van der Waals surface area contributed by atoms with Gasteiger partial charge in [0.05, 0.1) is 6.42 Å². The summed E-state index contributed by atoms with van der Waals surface area (Å²) in [7, 11) is 0. The number of fused-ring (bicyclic) bond motifs is 1. The van der Waals surface area contributed by atoms with Crippen LogP contribution in [0, 0.1) is 0 Å². The molecule has 1 N–H and O–H groups in total. The van der Waals surface area contributed by atoms with E-state index >= 15 is 0 Å². The maximum absolute atomic E-state index is 12.2. The van der Waals surface area contributed by atoms with Gasteiger partial charge >= 0.3 is 0 Å². The first kappa shape index (κ1) is 12.8. The van der Waals surface area contributed by atoms with Crippen molar-refractivity contribution in [2.45, 2.75) is 19.8 Å². The predicted octanol–water partition coefficient (Wildman–Crippen LogP) is 1.21. The Balaban J connectivity index is 2.05. The van der Waals surface area contributed by atoms with Crippen molar-refractivity contribution in [1.29, 1.82) is 0 Å². The van der Waals surface area contributed by atoms with Crippen molar-refractivity contribution >= 4 is 11.8 Å². The number of amides is 2. The van der Waals surface area contributed by atoms with Crippen LogP contribution < -0.4 is 5.32 Å². The first-order valence-corrected chi connectivity index (χ1v) is 6.37. The van der Waals surface area contributed by atoms with Crippen LogP contribution in [0.2, 0.25) is 0 Å². The highest BCUT2D eigenvalue weighted by Crippen LogP contribution is 2.19. The van der Waals surface area contributed by atoms with Crippen LogP contribution in [0.4, 0.5) is 0 Å². The minimum atomic E-state index is -0.154. The summed E-state index contributed by atoms with van der Waals surface area (Å²) < 4.78 is 0. The van der Waals surface area contributed by atoms with Crippen LogP contribution >= 0.6 is 0 Å². The van der Waals surface area contributed by atoms with E-state index in [1.165, 1.54) is 4.90 Å². The average molecular weight is 246 g/mol. The third kappa shape index (κ3) is 2.59. The molecule has 1 aromatic carbocycles. The summed E-state index contributed by atoms with van der Waals surface area (Å²) in [5.74, 6) is -0.242. The highest BCUT2D eigenvalue weighted by atomic mass is 16.2. The normalized spacial score (nSPS) is 14.8. The number of nitrogens with zero attached hydrogens (tertiary/aromatic N) is 1. The third-order valence-electron chi connectivity index (χ3n) is 3.12. The number of carbonyl (C=O) groups is 2. The highest BCUT2D eigenvalue weighted by Gasteiger charge is 2.29. The summed E-state index contributed by atoms with van der Waals surface area (Å²) in [5.41, 5.74) is 1.51. The second kappa shape index (κ2) is 5.78. The van der Waals surface area contributed by atoms with Gasteiger partial charge in [0.15, 0.2) is 0 Å². The zero-order valence-electron chi connectivity index (χ0n) is 10.6. The van der Waals surface area contributed by atoms with Gasteiger partial charge < -0.3 is 5.32 Å². The minimum absolute atomic E-state index is 0.0878. The van der Waals surface area contributed by atoms with E-state index in [1.54, 1.807) is 6.07 Å². The van der Waals surface area contributed by atoms with Crippen LogP contribution in [0.15, 0.2) is 24.3 Å². The van der Waals surface area contributed by atoms with Gasteiger partial charge in [-0.05, 0) is 31.1 Å². The van der Waals surface area contributed by atoms with E-state index < -0.39 is 0 Å². The Kier molecular flexibility index (Phi) is 4.10. The molecule has 0 unspecified atom stereocenters. The Morgan fingerprint density at radius 1 is 1.28 bits per heavy atom. The number of hydrogen-bond donors (Lipinski definition) is 1. The monoisotopic (exact) mass is 246 g/mol. The van der Waals surface area contributed by atoms with Crippen LogP contribution in [0.3, 0.4) is 0 Å². The fourth-order valence-electron chi connectivity index (χ4n) is 2.17. The topological polar surface area (TPSA) is 49.4 Å². The van der Waals surface area contributed by atoms with E-state index in [1.807, 2.05) is 25.1 Å². The largest absolute Gasteiger partial charge is 0.317 e. The van der Waals surface area contributed by atoms with E-state index in [0.717, 1.165) is 25.1 Å². The molecule has 0 bridgehead atoms. The average Bonchev–Trinajstić information content (AvgIpc) is 2.38. The van der Waals surface area contributed by atoms with Crippen LogP contribution in [-0.2, 0) is 11.2 Å². The van der Waals surface area contributed by atoms with E-state index in [9.17, 15) is 9.59 Å². The van der Waals surface area contributed by atoms with Gasteiger partial charge in [0.2, 0.25) is 5.91 Å². The molecule has 18 heavy (non-hydrogen) atoms. The molecule has 4 nitrogen and oxygen atoms in total. The predicted molar refractivity (Wildman–Crippen MR) is 69.4 cm³/mol. The summed E-state index contributed by atoms with van der Waals surface area (Å²) in [5, 5.41) is 3.19. The number of rotatable bonds is 5. The molecule has 0 aromatic heterocycles. The van der Waals surface area contributed by atoms with E-state index in [-0.39, 0.29) is 11.8 Å². The molecule has 2 rings (SSSR count). The van der Waals surface area contributed by atoms with Crippen molar-refractivity contribution in [3.8, 4) is 0 Å². The molecule has 4 heteroatoms. The van der Waals surface area contributed by atoms with Crippen molar-refractivity contribution < 1.29 is 9.59 Å². The van der Waals surface area contributed by atoms with Crippen LogP contribution in [-0.4, -0.2) is 36.3 Å². The summed E-state index contributed by atoms with van der Waals surface area (Å²) in [6.45, 7) is 4.27. The highest BCUT2D eigenvalue weighted by molar-refractivity contribution is 6.09. The Morgan fingerprint density at radius 2 is 2.06 bits per heavy atom. The number of imide groups is 1. The van der Waals surface area contributed by atoms with Gasteiger partial charge in [0.25, 0.3) is 5.91 Å². The minimum Gasteiger partial charge on any atom is -0.317 e. The van der Waals surface area contributed by atoms with Crippen molar-refractivity contribution in [3.63, 3.8) is 0 Å². The van der Waals surface area contributed by atoms with Gasteiger partial charge in [-0.3, -0.25) is 14.5 Å².